The lowest BCUT2D eigenvalue weighted by Gasteiger charge is -2.28. The number of hydrogen-bond acceptors (Lipinski definition) is 4. The highest BCUT2D eigenvalue weighted by Gasteiger charge is 2.20. The van der Waals surface area contributed by atoms with Gasteiger partial charge in [0.2, 0.25) is 5.91 Å². The van der Waals surface area contributed by atoms with Crippen molar-refractivity contribution in [2.24, 2.45) is 5.92 Å². The van der Waals surface area contributed by atoms with E-state index in [-0.39, 0.29) is 11.9 Å². The molecule has 0 aromatic carbocycles. The van der Waals surface area contributed by atoms with Crippen LogP contribution >= 0.6 is 0 Å². The van der Waals surface area contributed by atoms with Gasteiger partial charge in [0.15, 0.2) is 0 Å². The predicted molar refractivity (Wildman–Crippen MR) is 88.6 cm³/mol. The molecule has 2 N–H and O–H groups in total. The Morgan fingerprint density at radius 3 is 2.77 bits per heavy atom. The van der Waals surface area contributed by atoms with Gasteiger partial charge in [0.05, 0.1) is 11.7 Å². The van der Waals surface area contributed by atoms with Gasteiger partial charge in [-0.05, 0) is 24.5 Å². The van der Waals surface area contributed by atoms with Crippen LogP contribution in [0, 0.1) is 12.8 Å². The van der Waals surface area contributed by atoms with Crippen LogP contribution in [0.5, 0.6) is 0 Å². The Kier molecular flexibility index (Phi) is 6.34. The summed E-state index contributed by atoms with van der Waals surface area (Å²) in [6.07, 6.45) is 2.39. The molecule has 5 nitrogen and oxygen atoms in total. The third-order valence-electron chi connectivity index (χ3n) is 4.18. The van der Waals surface area contributed by atoms with Crippen LogP contribution in [-0.2, 0) is 4.79 Å². The molecule has 1 amide bonds. The zero-order valence-electron chi connectivity index (χ0n) is 13.9. The first kappa shape index (κ1) is 16.9. The van der Waals surface area contributed by atoms with Crippen molar-refractivity contribution in [3.05, 3.63) is 29.6 Å². The highest BCUT2D eigenvalue weighted by molar-refractivity contribution is 5.76. The summed E-state index contributed by atoms with van der Waals surface area (Å²) in [6, 6.07) is 4.24. The fourth-order valence-electron chi connectivity index (χ4n) is 2.88. The minimum atomic E-state index is 0.192. The van der Waals surface area contributed by atoms with E-state index in [4.69, 9.17) is 0 Å². The second-order valence-electron chi connectivity index (χ2n) is 6.26. The largest absolute Gasteiger partial charge is 0.340 e. The molecule has 1 unspecified atom stereocenters. The highest BCUT2D eigenvalue weighted by Crippen LogP contribution is 2.22. The molecule has 1 saturated heterocycles. The van der Waals surface area contributed by atoms with Crippen molar-refractivity contribution >= 4 is 5.91 Å². The summed E-state index contributed by atoms with van der Waals surface area (Å²) in [7, 11) is 0. The number of carbonyl (C=O) groups is 1. The fourth-order valence-corrected chi connectivity index (χ4v) is 2.88. The van der Waals surface area contributed by atoms with Gasteiger partial charge in [0.25, 0.3) is 0 Å². The van der Waals surface area contributed by atoms with Crippen molar-refractivity contribution in [1.29, 1.82) is 0 Å². The first-order chi connectivity index (χ1) is 10.6. The highest BCUT2D eigenvalue weighted by atomic mass is 16.2. The zero-order valence-corrected chi connectivity index (χ0v) is 13.9. The first-order valence-electron chi connectivity index (χ1n) is 8.23. The number of nitrogens with one attached hydrogen (secondary N) is 2. The number of rotatable bonds is 6. The summed E-state index contributed by atoms with van der Waals surface area (Å²) in [6.45, 7) is 10.6. The molecular weight excluding hydrogens is 276 g/mol. The molecule has 0 bridgehead atoms. The quantitative estimate of drug-likeness (QED) is 0.836. The minimum Gasteiger partial charge on any atom is -0.340 e. The molecule has 0 spiro atoms. The fraction of sp³-hybridized carbons (Fsp3) is 0.647. The number of hydrogen-bond donors (Lipinski definition) is 2. The van der Waals surface area contributed by atoms with Crippen LogP contribution in [0.1, 0.15) is 37.6 Å². The van der Waals surface area contributed by atoms with Crippen molar-refractivity contribution < 1.29 is 4.79 Å². The normalized spacial score (nSPS) is 16.8. The van der Waals surface area contributed by atoms with Crippen molar-refractivity contribution in [3.63, 3.8) is 0 Å². The third-order valence-corrected chi connectivity index (χ3v) is 4.18. The summed E-state index contributed by atoms with van der Waals surface area (Å²) in [5, 5.41) is 6.79. The van der Waals surface area contributed by atoms with E-state index in [1.807, 2.05) is 17.2 Å². The van der Waals surface area contributed by atoms with Gasteiger partial charge in [-0.25, -0.2) is 0 Å². The van der Waals surface area contributed by atoms with Crippen molar-refractivity contribution in [2.75, 3.05) is 32.7 Å². The molecule has 2 heterocycles. The van der Waals surface area contributed by atoms with Gasteiger partial charge in [-0.1, -0.05) is 19.9 Å². The average Bonchev–Trinajstić information content (AvgIpc) is 2.53. The van der Waals surface area contributed by atoms with Gasteiger partial charge in [0.1, 0.15) is 0 Å². The number of carbonyl (C=O) groups excluding carboxylic acids is 1. The Labute approximate surface area is 133 Å². The molecule has 1 aliphatic heterocycles. The first-order valence-corrected chi connectivity index (χ1v) is 8.23. The molecule has 0 saturated carbocycles. The SMILES string of the molecule is Cc1cccnc1C(NCCC(=O)N1CCNCC1)C(C)C. The number of pyridine rings is 1. The number of nitrogens with zero attached hydrogens (tertiary/aromatic N) is 2. The van der Waals surface area contributed by atoms with Crippen LogP contribution in [0.25, 0.3) is 0 Å². The van der Waals surface area contributed by atoms with E-state index in [9.17, 15) is 4.79 Å². The molecule has 0 radical (unpaired) electrons. The maximum atomic E-state index is 12.2. The van der Waals surface area contributed by atoms with Crippen LogP contribution in [0.3, 0.4) is 0 Å². The van der Waals surface area contributed by atoms with Crippen molar-refractivity contribution in [2.45, 2.75) is 33.2 Å². The Hall–Kier alpha value is -1.46. The van der Waals surface area contributed by atoms with Crippen LogP contribution in [0.2, 0.25) is 0 Å². The van der Waals surface area contributed by atoms with E-state index in [0.717, 1.165) is 31.9 Å². The van der Waals surface area contributed by atoms with Crippen molar-refractivity contribution in [1.82, 2.24) is 20.5 Å². The molecule has 5 heteroatoms. The van der Waals surface area contributed by atoms with Gasteiger partial charge in [-0.3, -0.25) is 9.78 Å². The molecule has 1 aromatic heterocycles. The molecule has 1 atom stereocenters. The van der Waals surface area contributed by atoms with E-state index >= 15 is 0 Å². The van der Waals surface area contributed by atoms with Gasteiger partial charge >= 0.3 is 0 Å². The Bertz CT molecular complexity index is 483. The minimum absolute atomic E-state index is 0.192. The number of amides is 1. The van der Waals surface area contributed by atoms with Gasteiger partial charge in [-0.2, -0.15) is 0 Å². The Morgan fingerprint density at radius 2 is 2.14 bits per heavy atom. The summed E-state index contributed by atoms with van der Waals surface area (Å²) in [5.41, 5.74) is 2.29. The van der Waals surface area contributed by atoms with Gasteiger partial charge in [0, 0.05) is 45.3 Å². The lowest BCUT2D eigenvalue weighted by atomic mass is 9.97. The molecule has 122 valence electrons. The number of piperazine rings is 1. The molecule has 2 rings (SSSR count). The Balaban J connectivity index is 1.87. The zero-order chi connectivity index (χ0) is 15.9. The number of aromatic nitrogens is 1. The smallest absolute Gasteiger partial charge is 0.223 e. The van der Waals surface area contributed by atoms with E-state index in [1.54, 1.807) is 0 Å². The summed E-state index contributed by atoms with van der Waals surface area (Å²) in [5.74, 6) is 0.678. The second-order valence-corrected chi connectivity index (χ2v) is 6.26. The summed E-state index contributed by atoms with van der Waals surface area (Å²) >= 11 is 0. The second kappa shape index (κ2) is 8.25. The monoisotopic (exact) mass is 304 g/mol. The molecule has 22 heavy (non-hydrogen) atoms. The van der Waals surface area contributed by atoms with Gasteiger partial charge < -0.3 is 15.5 Å². The van der Waals surface area contributed by atoms with Gasteiger partial charge in [-0.15, -0.1) is 0 Å². The molecule has 1 aromatic rings. The molecule has 1 aliphatic rings. The standard InChI is InChI=1S/C17H28N4O/c1-13(2)16(17-14(3)5-4-7-19-17)20-8-6-15(22)21-11-9-18-10-12-21/h4-5,7,13,16,18,20H,6,8-12H2,1-3H3. The van der Waals surface area contributed by atoms with Crippen LogP contribution in [0.15, 0.2) is 18.3 Å². The van der Waals surface area contributed by atoms with Crippen molar-refractivity contribution in [3.8, 4) is 0 Å². The van der Waals surface area contributed by atoms with Crippen LogP contribution in [-0.4, -0.2) is 48.5 Å². The van der Waals surface area contributed by atoms with E-state index in [0.29, 0.717) is 18.9 Å². The third kappa shape index (κ3) is 4.52. The average molecular weight is 304 g/mol. The number of aryl methyl sites for hydroxylation is 1. The maximum absolute atomic E-state index is 12.2. The van der Waals surface area contributed by atoms with E-state index < -0.39 is 0 Å². The topological polar surface area (TPSA) is 57.3 Å². The van der Waals surface area contributed by atoms with E-state index in [1.165, 1.54) is 5.56 Å². The Morgan fingerprint density at radius 1 is 1.41 bits per heavy atom. The molecule has 0 aliphatic carbocycles. The lowest BCUT2D eigenvalue weighted by molar-refractivity contribution is -0.131. The summed E-state index contributed by atoms with van der Waals surface area (Å²) in [4.78, 5) is 18.7. The van der Waals surface area contributed by atoms with E-state index in [2.05, 4.69) is 42.5 Å². The molecule has 1 fully saturated rings. The lowest BCUT2D eigenvalue weighted by Crippen LogP contribution is -2.47. The van der Waals surface area contributed by atoms with Crippen LogP contribution in [0.4, 0.5) is 0 Å². The van der Waals surface area contributed by atoms with Crippen LogP contribution < -0.4 is 10.6 Å². The molecular formula is C17H28N4O. The maximum Gasteiger partial charge on any atom is 0.223 e. The predicted octanol–water partition coefficient (Wildman–Crippen LogP) is 1.50. The summed E-state index contributed by atoms with van der Waals surface area (Å²) < 4.78 is 0.